The molecule has 19 heavy (non-hydrogen) atoms. The van der Waals surface area contributed by atoms with Gasteiger partial charge in [-0.2, -0.15) is 0 Å². The molecular formula is C16H23BrN2. The fraction of sp³-hybridized carbons (Fsp3) is 0.625. The summed E-state index contributed by atoms with van der Waals surface area (Å²) in [6.45, 7) is 3.63. The van der Waals surface area contributed by atoms with E-state index in [1.54, 1.807) is 5.56 Å². The van der Waals surface area contributed by atoms with Crippen LogP contribution in [-0.2, 0) is 6.42 Å². The topological polar surface area (TPSA) is 15.3 Å². The first-order valence-electron chi connectivity index (χ1n) is 7.44. The lowest BCUT2D eigenvalue weighted by Gasteiger charge is -2.31. The Bertz CT molecular complexity index is 440. The second kappa shape index (κ2) is 5.94. The van der Waals surface area contributed by atoms with E-state index in [0.717, 1.165) is 5.92 Å². The standard InChI is InChI=1S/C16H23BrN2/c1-19(11-12-4-3-9-18-10-12)16-8-7-13-14(16)5-2-6-15(13)17/h2,5-6,12,16,18H,3-4,7-11H2,1H3. The van der Waals surface area contributed by atoms with Crippen LogP contribution in [-0.4, -0.2) is 31.6 Å². The van der Waals surface area contributed by atoms with Gasteiger partial charge < -0.3 is 5.32 Å². The number of hydrogen-bond donors (Lipinski definition) is 1. The zero-order valence-electron chi connectivity index (χ0n) is 11.7. The van der Waals surface area contributed by atoms with E-state index in [0.29, 0.717) is 6.04 Å². The first kappa shape index (κ1) is 13.6. The van der Waals surface area contributed by atoms with Gasteiger partial charge in [0.05, 0.1) is 0 Å². The number of rotatable bonds is 3. The predicted molar refractivity (Wildman–Crippen MR) is 83.4 cm³/mol. The van der Waals surface area contributed by atoms with Gasteiger partial charge in [-0.05, 0) is 68.9 Å². The molecule has 1 aliphatic heterocycles. The van der Waals surface area contributed by atoms with E-state index in [9.17, 15) is 0 Å². The van der Waals surface area contributed by atoms with Gasteiger partial charge in [0.1, 0.15) is 0 Å². The van der Waals surface area contributed by atoms with Crippen molar-refractivity contribution in [3.8, 4) is 0 Å². The van der Waals surface area contributed by atoms with E-state index in [-0.39, 0.29) is 0 Å². The molecule has 1 aliphatic carbocycles. The Balaban J connectivity index is 1.69. The first-order chi connectivity index (χ1) is 9.25. The normalized spacial score (nSPS) is 26.7. The van der Waals surface area contributed by atoms with Gasteiger partial charge in [0, 0.05) is 17.1 Å². The summed E-state index contributed by atoms with van der Waals surface area (Å²) in [6, 6.07) is 7.28. The number of halogens is 1. The van der Waals surface area contributed by atoms with Crippen molar-refractivity contribution in [2.45, 2.75) is 31.7 Å². The lowest BCUT2D eigenvalue weighted by molar-refractivity contribution is 0.188. The molecule has 2 atom stereocenters. The van der Waals surface area contributed by atoms with E-state index in [4.69, 9.17) is 0 Å². The Morgan fingerprint density at radius 3 is 3.05 bits per heavy atom. The molecule has 3 heteroatoms. The molecule has 0 spiro atoms. The molecule has 104 valence electrons. The Labute approximate surface area is 124 Å². The number of nitrogens with one attached hydrogen (secondary N) is 1. The average molecular weight is 323 g/mol. The smallest absolute Gasteiger partial charge is 0.0351 e. The first-order valence-corrected chi connectivity index (χ1v) is 8.23. The van der Waals surface area contributed by atoms with Crippen LogP contribution in [0.2, 0.25) is 0 Å². The fourth-order valence-corrected chi connectivity index (χ4v) is 4.24. The van der Waals surface area contributed by atoms with Gasteiger partial charge in [-0.1, -0.05) is 28.1 Å². The summed E-state index contributed by atoms with van der Waals surface area (Å²) in [5, 5.41) is 3.52. The third kappa shape index (κ3) is 2.88. The summed E-state index contributed by atoms with van der Waals surface area (Å²) < 4.78 is 1.29. The number of benzene rings is 1. The summed E-state index contributed by atoms with van der Waals surface area (Å²) in [7, 11) is 2.30. The third-order valence-electron chi connectivity index (χ3n) is 4.66. The molecule has 1 aromatic carbocycles. The van der Waals surface area contributed by atoms with E-state index < -0.39 is 0 Å². The van der Waals surface area contributed by atoms with Crippen molar-refractivity contribution in [3.05, 3.63) is 33.8 Å². The van der Waals surface area contributed by atoms with Gasteiger partial charge in [0.25, 0.3) is 0 Å². The maximum atomic E-state index is 3.69. The molecule has 2 unspecified atom stereocenters. The summed E-state index contributed by atoms with van der Waals surface area (Å²) in [4.78, 5) is 2.58. The van der Waals surface area contributed by atoms with Crippen molar-refractivity contribution in [3.63, 3.8) is 0 Å². The zero-order chi connectivity index (χ0) is 13.2. The monoisotopic (exact) mass is 322 g/mol. The lowest BCUT2D eigenvalue weighted by atomic mass is 9.98. The van der Waals surface area contributed by atoms with Gasteiger partial charge in [-0.3, -0.25) is 4.90 Å². The summed E-state index contributed by atoms with van der Waals surface area (Å²) in [5.41, 5.74) is 3.07. The molecule has 3 rings (SSSR count). The largest absolute Gasteiger partial charge is 0.316 e. The number of piperidine rings is 1. The Kier molecular flexibility index (Phi) is 4.25. The number of fused-ring (bicyclic) bond motifs is 1. The highest BCUT2D eigenvalue weighted by Crippen LogP contribution is 2.38. The summed E-state index contributed by atoms with van der Waals surface area (Å²) in [6.07, 6.45) is 5.21. The molecule has 1 saturated heterocycles. The van der Waals surface area contributed by atoms with Crippen LogP contribution in [0.25, 0.3) is 0 Å². The maximum absolute atomic E-state index is 3.69. The fourth-order valence-electron chi connectivity index (χ4n) is 3.66. The summed E-state index contributed by atoms with van der Waals surface area (Å²) >= 11 is 3.69. The van der Waals surface area contributed by atoms with Crippen molar-refractivity contribution in [1.82, 2.24) is 10.2 Å². The molecular weight excluding hydrogens is 300 g/mol. The van der Waals surface area contributed by atoms with Crippen LogP contribution in [0.15, 0.2) is 22.7 Å². The molecule has 1 heterocycles. The van der Waals surface area contributed by atoms with E-state index in [2.05, 4.69) is 51.4 Å². The van der Waals surface area contributed by atoms with Gasteiger partial charge >= 0.3 is 0 Å². The van der Waals surface area contributed by atoms with Crippen LogP contribution in [0, 0.1) is 5.92 Å². The Morgan fingerprint density at radius 2 is 2.26 bits per heavy atom. The maximum Gasteiger partial charge on any atom is 0.0351 e. The summed E-state index contributed by atoms with van der Waals surface area (Å²) in [5.74, 6) is 0.829. The molecule has 0 saturated carbocycles. The highest BCUT2D eigenvalue weighted by molar-refractivity contribution is 9.10. The van der Waals surface area contributed by atoms with E-state index in [1.807, 2.05) is 0 Å². The molecule has 0 aromatic heterocycles. The highest BCUT2D eigenvalue weighted by atomic mass is 79.9. The van der Waals surface area contributed by atoms with Crippen LogP contribution in [0.4, 0.5) is 0 Å². The molecule has 2 aliphatic rings. The van der Waals surface area contributed by atoms with Crippen LogP contribution in [0.1, 0.15) is 36.4 Å². The van der Waals surface area contributed by atoms with Gasteiger partial charge in [0.15, 0.2) is 0 Å². The predicted octanol–water partition coefficient (Wildman–Crippen LogP) is 3.37. The molecule has 2 nitrogen and oxygen atoms in total. The minimum absolute atomic E-state index is 0.620. The lowest BCUT2D eigenvalue weighted by Crippen LogP contribution is -2.37. The SMILES string of the molecule is CN(CC1CCCNC1)C1CCc2c(Br)cccc21. The van der Waals surface area contributed by atoms with Crippen molar-refractivity contribution in [1.29, 1.82) is 0 Å². The Morgan fingerprint density at radius 1 is 1.37 bits per heavy atom. The molecule has 1 aromatic rings. The third-order valence-corrected chi connectivity index (χ3v) is 5.40. The minimum atomic E-state index is 0.620. The zero-order valence-corrected chi connectivity index (χ0v) is 13.2. The van der Waals surface area contributed by atoms with Crippen LogP contribution < -0.4 is 5.32 Å². The number of nitrogens with zero attached hydrogens (tertiary/aromatic N) is 1. The van der Waals surface area contributed by atoms with E-state index >= 15 is 0 Å². The van der Waals surface area contributed by atoms with Crippen molar-refractivity contribution in [2.75, 3.05) is 26.7 Å². The minimum Gasteiger partial charge on any atom is -0.316 e. The number of hydrogen-bond acceptors (Lipinski definition) is 2. The molecule has 1 N–H and O–H groups in total. The van der Waals surface area contributed by atoms with Crippen LogP contribution in [0.3, 0.4) is 0 Å². The van der Waals surface area contributed by atoms with Crippen molar-refractivity contribution in [2.24, 2.45) is 5.92 Å². The van der Waals surface area contributed by atoms with Gasteiger partial charge in [-0.15, -0.1) is 0 Å². The van der Waals surface area contributed by atoms with Crippen molar-refractivity contribution >= 4 is 15.9 Å². The second-order valence-corrected chi connectivity index (χ2v) is 6.87. The Hall–Kier alpha value is -0.380. The van der Waals surface area contributed by atoms with Crippen LogP contribution >= 0.6 is 15.9 Å². The molecule has 0 amide bonds. The van der Waals surface area contributed by atoms with Crippen LogP contribution in [0.5, 0.6) is 0 Å². The highest BCUT2D eigenvalue weighted by Gasteiger charge is 2.28. The molecule has 0 radical (unpaired) electrons. The van der Waals surface area contributed by atoms with Gasteiger partial charge in [0.2, 0.25) is 0 Å². The second-order valence-electron chi connectivity index (χ2n) is 6.01. The van der Waals surface area contributed by atoms with Gasteiger partial charge in [-0.25, -0.2) is 0 Å². The molecule has 0 bridgehead atoms. The quantitative estimate of drug-likeness (QED) is 0.917. The average Bonchev–Trinajstić information content (AvgIpc) is 2.85. The van der Waals surface area contributed by atoms with Crippen molar-refractivity contribution < 1.29 is 0 Å². The van der Waals surface area contributed by atoms with E-state index in [1.165, 1.54) is 55.4 Å². The molecule has 1 fully saturated rings.